The summed E-state index contributed by atoms with van der Waals surface area (Å²) in [5.41, 5.74) is 0.606. The van der Waals surface area contributed by atoms with Crippen LogP contribution < -0.4 is 9.64 Å². The van der Waals surface area contributed by atoms with Crippen molar-refractivity contribution in [3.05, 3.63) is 24.2 Å². The second kappa shape index (κ2) is 9.67. The first-order valence-corrected chi connectivity index (χ1v) is 14.1. The minimum atomic E-state index is -3.89. The molecule has 1 atom stereocenters. The fraction of sp³-hybridized carbons (Fsp3) is 0.609. The van der Waals surface area contributed by atoms with Gasteiger partial charge in [0.15, 0.2) is 0 Å². The number of sulfonamides is 1. The van der Waals surface area contributed by atoms with E-state index in [4.69, 9.17) is 9.47 Å². The smallest absolute Gasteiger partial charge is 0.370 e. The molecule has 0 radical (unpaired) electrons. The molecular weight excluding hydrogens is 483 g/mol. The quantitative estimate of drug-likeness (QED) is 0.214. The number of hydrogen-bond donors (Lipinski definition) is 0. The molecule has 188 valence electrons. The zero-order chi connectivity index (χ0) is 24.7. The van der Waals surface area contributed by atoms with Crippen LogP contribution in [0.2, 0.25) is 0 Å². The van der Waals surface area contributed by atoms with Gasteiger partial charge in [0.05, 0.1) is 29.8 Å². The number of rotatable bonds is 9. The van der Waals surface area contributed by atoms with E-state index in [1.54, 1.807) is 20.0 Å². The summed E-state index contributed by atoms with van der Waals surface area (Å²) in [5, 5.41) is 0. The molecule has 3 aliphatic carbocycles. The van der Waals surface area contributed by atoms with Gasteiger partial charge in [-0.1, -0.05) is 0 Å². The largest absolute Gasteiger partial charge is 0.461 e. The molecule has 4 aliphatic rings. The fourth-order valence-corrected chi connectivity index (χ4v) is 7.02. The Hall–Kier alpha value is -1.82. The zero-order valence-electron chi connectivity index (χ0n) is 19.9. The molecule has 3 saturated carbocycles. The van der Waals surface area contributed by atoms with Crippen LogP contribution in [0.25, 0.3) is 0 Å². The van der Waals surface area contributed by atoms with Gasteiger partial charge in [0.25, 0.3) is 0 Å². The van der Waals surface area contributed by atoms with Crippen molar-refractivity contribution in [2.45, 2.75) is 54.5 Å². The molecule has 0 saturated heterocycles. The van der Waals surface area contributed by atoms with E-state index in [2.05, 4.69) is 9.64 Å². The molecular formula is C23H31FN2O6S2. The number of likely N-dealkylation sites (N-methyl/N-ethyl adjacent to an activating group) is 1. The lowest BCUT2D eigenvalue weighted by atomic mass is 9.49. The molecule has 1 aromatic carbocycles. The van der Waals surface area contributed by atoms with Crippen molar-refractivity contribution in [1.29, 1.82) is 0 Å². The predicted molar refractivity (Wildman–Crippen MR) is 127 cm³/mol. The second-order valence-electron chi connectivity index (χ2n) is 8.92. The Balaban J connectivity index is 1.77. The monoisotopic (exact) mass is 514 g/mol. The molecule has 8 nitrogen and oxygen atoms in total. The number of ether oxygens (including phenoxy) is 3. The number of hydrogen-bond acceptors (Lipinski definition) is 8. The predicted octanol–water partition coefficient (Wildman–Crippen LogP) is 3.56. The highest BCUT2D eigenvalue weighted by Gasteiger charge is 2.61. The molecule has 0 aromatic heterocycles. The lowest BCUT2D eigenvalue weighted by Gasteiger charge is -2.67. The van der Waals surface area contributed by atoms with Crippen LogP contribution in [0, 0.1) is 5.92 Å². The Morgan fingerprint density at radius 1 is 1.26 bits per heavy atom. The number of esters is 1. The third-order valence-corrected chi connectivity index (χ3v) is 9.65. The first kappa shape index (κ1) is 25.3. The number of anilines is 1. The van der Waals surface area contributed by atoms with Gasteiger partial charge >= 0.3 is 5.97 Å². The Morgan fingerprint density at radius 2 is 1.97 bits per heavy atom. The highest BCUT2D eigenvalue weighted by molar-refractivity contribution is 7.98. The van der Waals surface area contributed by atoms with Crippen LogP contribution in [0.5, 0.6) is 5.75 Å². The maximum Gasteiger partial charge on any atom is 0.370 e. The molecule has 3 fully saturated rings. The molecule has 1 aliphatic heterocycles. The van der Waals surface area contributed by atoms with E-state index >= 15 is 0 Å². The van der Waals surface area contributed by atoms with Crippen molar-refractivity contribution in [1.82, 2.24) is 4.31 Å². The summed E-state index contributed by atoms with van der Waals surface area (Å²) in [6, 6.07) is 2.89. The Morgan fingerprint density at radius 3 is 2.53 bits per heavy atom. The van der Waals surface area contributed by atoms with E-state index in [0.717, 1.165) is 19.3 Å². The summed E-state index contributed by atoms with van der Waals surface area (Å²) in [6.07, 6.45) is 5.65. The Bertz CT molecular complexity index is 1080. The summed E-state index contributed by atoms with van der Waals surface area (Å²) in [4.78, 5) is 14.6. The van der Waals surface area contributed by atoms with Gasteiger partial charge < -0.3 is 19.1 Å². The van der Waals surface area contributed by atoms with Crippen LogP contribution >= 0.6 is 11.8 Å². The van der Waals surface area contributed by atoms with E-state index in [1.165, 1.54) is 22.1 Å². The average Bonchev–Trinajstić information content (AvgIpc) is 2.82. The minimum absolute atomic E-state index is 0.0287. The van der Waals surface area contributed by atoms with Crippen LogP contribution in [-0.2, 0) is 24.3 Å². The molecule has 1 heterocycles. The van der Waals surface area contributed by atoms with Gasteiger partial charge in [-0.2, -0.15) is 8.70 Å². The molecule has 0 amide bonds. The molecule has 0 spiro atoms. The van der Waals surface area contributed by atoms with Crippen LogP contribution in [0.1, 0.15) is 33.1 Å². The first-order chi connectivity index (χ1) is 16.2. The lowest BCUT2D eigenvalue weighted by molar-refractivity contribution is -0.140. The summed E-state index contributed by atoms with van der Waals surface area (Å²) in [5.74, 6) is -1.46. The van der Waals surface area contributed by atoms with Gasteiger partial charge in [0.1, 0.15) is 16.9 Å². The van der Waals surface area contributed by atoms with E-state index in [0.29, 0.717) is 42.5 Å². The summed E-state index contributed by atoms with van der Waals surface area (Å²) >= 11 is 1.36. The molecule has 0 N–H and O–H groups in total. The van der Waals surface area contributed by atoms with E-state index < -0.39 is 21.8 Å². The van der Waals surface area contributed by atoms with Gasteiger partial charge in [0, 0.05) is 31.8 Å². The number of nitrogens with zero attached hydrogens (tertiary/aromatic N) is 2. The molecule has 5 rings (SSSR count). The SMILES string of the molecule is CCOCC1CN(C23CC(C2)C3)c2cc(SC)c(O/C=C(\F)C(=O)OCC)cc2S(=O)(=O)N1C. The van der Waals surface area contributed by atoms with Gasteiger partial charge in [-0.05, 0) is 51.3 Å². The van der Waals surface area contributed by atoms with Gasteiger partial charge in [0.2, 0.25) is 15.9 Å². The topological polar surface area (TPSA) is 85.4 Å². The number of carbonyl (C=O) groups excluding carboxylic acids is 1. The van der Waals surface area contributed by atoms with Crippen molar-refractivity contribution < 1.29 is 31.8 Å². The fourth-order valence-electron chi connectivity index (χ4n) is 4.96. The van der Waals surface area contributed by atoms with E-state index in [9.17, 15) is 17.6 Å². The number of carbonyl (C=O) groups is 1. The Labute approximate surface area is 204 Å². The van der Waals surface area contributed by atoms with Crippen molar-refractivity contribution in [2.24, 2.45) is 5.92 Å². The number of thioether (sulfide) groups is 1. The van der Waals surface area contributed by atoms with Crippen LogP contribution in [0.3, 0.4) is 0 Å². The van der Waals surface area contributed by atoms with Crippen LogP contribution in [0.4, 0.5) is 10.1 Å². The van der Waals surface area contributed by atoms with Crippen molar-refractivity contribution in [3.8, 4) is 5.75 Å². The zero-order valence-corrected chi connectivity index (χ0v) is 21.5. The normalized spacial score (nSPS) is 27.8. The highest BCUT2D eigenvalue weighted by Crippen LogP contribution is 2.62. The van der Waals surface area contributed by atoms with E-state index in [1.807, 2.05) is 13.2 Å². The van der Waals surface area contributed by atoms with Crippen molar-refractivity contribution in [2.75, 3.05) is 44.6 Å². The van der Waals surface area contributed by atoms with E-state index in [-0.39, 0.29) is 28.8 Å². The van der Waals surface area contributed by atoms with Crippen molar-refractivity contribution >= 4 is 33.4 Å². The summed E-state index contributed by atoms with van der Waals surface area (Å²) in [6.45, 7) is 4.81. The number of halogens is 1. The lowest BCUT2D eigenvalue weighted by Crippen LogP contribution is -2.70. The minimum Gasteiger partial charge on any atom is -0.461 e. The van der Waals surface area contributed by atoms with Crippen LogP contribution in [-0.4, -0.2) is 69.9 Å². The summed E-state index contributed by atoms with van der Waals surface area (Å²) < 4.78 is 58.6. The average molecular weight is 515 g/mol. The third-order valence-electron chi connectivity index (χ3n) is 6.95. The maximum atomic E-state index is 14.1. The first-order valence-electron chi connectivity index (χ1n) is 11.4. The maximum absolute atomic E-state index is 14.1. The van der Waals surface area contributed by atoms with Gasteiger partial charge in [-0.25, -0.2) is 13.2 Å². The highest BCUT2D eigenvalue weighted by atomic mass is 32.2. The van der Waals surface area contributed by atoms with Gasteiger partial charge in [-0.3, -0.25) is 0 Å². The van der Waals surface area contributed by atoms with Crippen LogP contribution in [0.15, 0.2) is 34.0 Å². The summed E-state index contributed by atoms with van der Waals surface area (Å²) in [7, 11) is -2.32. The molecule has 34 heavy (non-hydrogen) atoms. The Kier molecular flexibility index (Phi) is 7.19. The molecule has 11 heteroatoms. The van der Waals surface area contributed by atoms with Gasteiger partial charge in [-0.15, -0.1) is 11.8 Å². The molecule has 2 bridgehead atoms. The number of benzene rings is 1. The second-order valence-corrected chi connectivity index (χ2v) is 11.7. The third kappa shape index (κ3) is 4.31. The number of fused-ring (bicyclic) bond motifs is 1. The van der Waals surface area contributed by atoms with Crippen molar-refractivity contribution in [3.63, 3.8) is 0 Å². The molecule has 1 unspecified atom stereocenters. The standard InChI is InChI=1S/C23H31FN2O6S2/c1-5-30-13-16-12-26(23-9-15(10-23)11-23)18-7-20(33-4)19(8-21(18)34(28,29)25(16)3)32-14-17(24)22(27)31-6-2/h7-8,14-16H,5-6,9-13H2,1-4H3/b17-14-. The molecule has 1 aromatic rings.